The number of carbonyl (C=O) groups is 3. The van der Waals surface area contributed by atoms with Crippen LogP contribution in [0.25, 0.3) is 0 Å². The Morgan fingerprint density at radius 1 is 0.950 bits per heavy atom. The molecule has 1 N–H and O–H groups in total. The number of aromatic carboxylic acids is 1. The number of rotatable bonds is 1. The Labute approximate surface area is 122 Å². The molecule has 20 heavy (non-hydrogen) atoms. The molecular formula is C15H7BrO4. The molecule has 0 bridgehead atoms. The highest BCUT2D eigenvalue weighted by molar-refractivity contribution is 9.10. The van der Waals surface area contributed by atoms with E-state index in [-0.39, 0.29) is 28.3 Å². The summed E-state index contributed by atoms with van der Waals surface area (Å²) in [5, 5.41) is 9.04. The molecule has 3 rings (SSSR count). The van der Waals surface area contributed by atoms with E-state index in [1.807, 2.05) is 0 Å². The molecule has 1 aliphatic rings. The summed E-state index contributed by atoms with van der Waals surface area (Å²) in [6.07, 6.45) is 0. The molecule has 5 heteroatoms. The molecule has 0 saturated heterocycles. The number of benzene rings is 2. The number of fused-ring (bicyclic) bond motifs is 2. The summed E-state index contributed by atoms with van der Waals surface area (Å²) in [7, 11) is 0. The third-order valence-electron chi connectivity index (χ3n) is 3.23. The lowest BCUT2D eigenvalue weighted by atomic mass is 9.83. The maximum Gasteiger partial charge on any atom is 0.335 e. The third kappa shape index (κ3) is 1.71. The maximum atomic E-state index is 12.4. The quantitative estimate of drug-likeness (QED) is 0.744. The summed E-state index contributed by atoms with van der Waals surface area (Å²) in [6.45, 7) is 0. The van der Waals surface area contributed by atoms with Crippen LogP contribution in [0.4, 0.5) is 0 Å². The van der Waals surface area contributed by atoms with Gasteiger partial charge in [-0.15, -0.1) is 0 Å². The first kappa shape index (κ1) is 12.7. The van der Waals surface area contributed by atoms with Crippen LogP contribution >= 0.6 is 15.9 Å². The van der Waals surface area contributed by atoms with Crippen molar-refractivity contribution in [2.75, 3.05) is 0 Å². The Balaban J connectivity index is 2.33. The highest BCUT2D eigenvalue weighted by Gasteiger charge is 2.32. The zero-order chi connectivity index (χ0) is 14.4. The molecule has 4 nitrogen and oxygen atoms in total. The van der Waals surface area contributed by atoms with Gasteiger partial charge in [-0.05, 0) is 28.1 Å². The van der Waals surface area contributed by atoms with Crippen LogP contribution in [-0.4, -0.2) is 22.6 Å². The van der Waals surface area contributed by atoms with E-state index in [1.54, 1.807) is 24.3 Å². The van der Waals surface area contributed by atoms with Crippen molar-refractivity contribution in [1.82, 2.24) is 0 Å². The third-order valence-corrected chi connectivity index (χ3v) is 3.85. The lowest BCUT2D eigenvalue weighted by Crippen LogP contribution is -2.22. The van der Waals surface area contributed by atoms with E-state index in [9.17, 15) is 14.4 Å². The number of ketones is 2. The molecule has 0 amide bonds. The zero-order valence-electron chi connectivity index (χ0n) is 10.0. The molecular weight excluding hydrogens is 324 g/mol. The zero-order valence-corrected chi connectivity index (χ0v) is 11.6. The Hall–Kier alpha value is -2.27. The minimum Gasteiger partial charge on any atom is -0.478 e. The fourth-order valence-corrected chi connectivity index (χ4v) is 2.94. The van der Waals surface area contributed by atoms with Gasteiger partial charge in [0.25, 0.3) is 0 Å². The second-order valence-electron chi connectivity index (χ2n) is 4.39. The number of carboxylic acid groups (broad SMARTS) is 1. The summed E-state index contributed by atoms with van der Waals surface area (Å²) in [5.74, 6) is -1.76. The molecule has 0 aromatic heterocycles. The molecule has 1 aliphatic carbocycles. The topological polar surface area (TPSA) is 71.4 Å². The summed E-state index contributed by atoms with van der Waals surface area (Å²) in [4.78, 5) is 35.9. The second-order valence-corrected chi connectivity index (χ2v) is 5.24. The Morgan fingerprint density at radius 3 is 2.15 bits per heavy atom. The van der Waals surface area contributed by atoms with Gasteiger partial charge in [-0.1, -0.05) is 24.3 Å². The number of hydrogen-bond acceptors (Lipinski definition) is 3. The van der Waals surface area contributed by atoms with E-state index in [0.717, 1.165) is 0 Å². The molecule has 0 atom stereocenters. The van der Waals surface area contributed by atoms with Gasteiger partial charge in [0.1, 0.15) is 0 Å². The average Bonchev–Trinajstić information content (AvgIpc) is 2.44. The lowest BCUT2D eigenvalue weighted by molar-refractivity contribution is 0.0696. The number of carbonyl (C=O) groups excluding carboxylic acids is 2. The highest BCUT2D eigenvalue weighted by Crippen LogP contribution is 2.33. The standard InChI is InChI=1S/C15H7BrO4/c16-11-6-7(15(19)20)5-10-12(11)14(18)9-4-2-1-3-8(9)13(10)17/h1-6H,(H,19,20). The van der Waals surface area contributed by atoms with Crippen molar-refractivity contribution in [1.29, 1.82) is 0 Å². The SMILES string of the molecule is O=C(O)c1cc(Br)c2c(c1)C(=O)c1ccccc1C2=O. The van der Waals surface area contributed by atoms with Crippen LogP contribution in [0.15, 0.2) is 40.9 Å². The van der Waals surface area contributed by atoms with Gasteiger partial charge in [0.2, 0.25) is 0 Å². The number of halogens is 1. The molecule has 0 fully saturated rings. The summed E-state index contributed by atoms with van der Waals surface area (Å²) in [6, 6.07) is 9.11. The Morgan fingerprint density at radius 2 is 1.55 bits per heavy atom. The van der Waals surface area contributed by atoms with Crippen LogP contribution in [0.3, 0.4) is 0 Å². The molecule has 0 heterocycles. The minimum absolute atomic E-state index is 0.0313. The van der Waals surface area contributed by atoms with Crippen LogP contribution in [0.5, 0.6) is 0 Å². The number of carboxylic acids is 1. The van der Waals surface area contributed by atoms with Gasteiger partial charge in [0.05, 0.1) is 5.56 Å². The van der Waals surface area contributed by atoms with Crippen molar-refractivity contribution >= 4 is 33.5 Å². The van der Waals surface area contributed by atoms with E-state index in [2.05, 4.69) is 15.9 Å². The van der Waals surface area contributed by atoms with Gasteiger partial charge in [-0.3, -0.25) is 9.59 Å². The van der Waals surface area contributed by atoms with Gasteiger partial charge < -0.3 is 5.11 Å². The van der Waals surface area contributed by atoms with Crippen molar-refractivity contribution in [3.05, 3.63) is 68.7 Å². The first-order valence-electron chi connectivity index (χ1n) is 5.76. The van der Waals surface area contributed by atoms with Crippen molar-refractivity contribution in [2.45, 2.75) is 0 Å². The molecule has 98 valence electrons. The molecule has 0 saturated carbocycles. The monoisotopic (exact) mass is 330 g/mol. The van der Waals surface area contributed by atoms with Crippen LogP contribution < -0.4 is 0 Å². The fourth-order valence-electron chi connectivity index (χ4n) is 2.30. The molecule has 0 aliphatic heterocycles. The van der Waals surface area contributed by atoms with Gasteiger partial charge in [-0.25, -0.2) is 4.79 Å². The molecule has 0 unspecified atom stereocenters. The maximum absolute atomic E-state index is 12.4. The predicted octanol–water partition coefficient (Wildman–Crippen LogP) is 2.92. The fraction of sp³-hybridized carbons (Fsp3) is 0. The van der Waals surface area contributed by atoms with E-state index in [0.29, 0.717) is 15.6 Å². The Bertz CT molecular complexity index is 792. The van der Waals surface area contributed by atoms with Crippen LogP contribution in [0.2, 0.25) is 0 Å². The molecule has 2 aromatic rings. The van der Waals surface area contributed by atoms with E-state index >= 15 is 0 Å². The normalized spacial score (nSPS) is 12.8. The van der Waals surface area contributed by atoms with E-state index in [1.165, 1.54) is 12.1 Å². The van der Waals surface area contributed by atoms with Crippen molar-refractivity contribution in [3.8, 4) is 0 Å². The predicted molar refractivity (Wildman–Crippen MR) is 74.4 cm³/mol. The van der Waals surface area contributed by atoms with Gasteiger partial charge in [0.15, 0.2) is 11.6 Å². The second kappa shape index (κ2) is 4.38. The van der Waals surface area contributed by atoms with E-state index < -0.39 is 5.97 Å². The smallest absolute Gasteiger partial charge is 0.335 e. The lowest BCUT2D eigenvalue weighted by Gasteiger charge is -2.18. The van der Waals surface area contributed by atoms with Crippen molar-refractivity contribution in [2.24, 2.45) is 0 Å². The average molecular weight is 331 g/mol. The minimum atomic E-state index is -1.15. The summed E-state index contributed by atoms with van der Waals surface area (Å²) in [5.41, 5.74) is 0.962. The van der Waals surface area contributed by atoms with Crippen LogP contribution in [0, 0.1) is 0 Å². The highest BCUT2D eigenvalue weighted by atomic mass is 79.9. The first-order valence-corrected chi connectivity index (χ1v) is 6.55. The van der Waals surface area contributed by atoms with E-state index in [4.69, 9.17) is 5.11 Å². The van der Waals surface area contributed by atoms with Crippen LogP contribution in [0.1, 0.15) is 42.2 Å². The summed E-state index contributed by atoms with van der Waals surface area (Å²) < 4.78 is 0.320. The number of hydrogen-bond donors (Lipinski definition) is 1. The largest absolute Gasteiger partial charge is 0.478 e. The molecule has 2 aromatic carbocycles. The molecule has 0 radical (unpaired) electrons. The van der Waals surface area contributed by atoms with Gasteiger partial charge in [-0.2, -0.15) is 0 Å². The van der Waals surface area contributed by atoms with Gasteiger partial charge >= 0.3 is 5.97 Å². The van der Waals surface area contributed by atoms with Crippen molar-refractivity contribution < 1.29 is 19.5 Å². The van der Waals surface area contributed by atoms with Crippen LogP contribution in [-0.2, 0) is 0 Å². The first-order chi connectivity index (χ1) is 9.50. The summed E-state index contributed by atoms with van der Waals surface area (Å²) >= 11 is 3.18. The molecule has 0 spiro atoms. The van der Waals surface area contributed by atoms with Gasteiger partial charge in [0, 0.05) is 26.7 Å². The van der Waals surface area contributed by atoms with Crippen molar-refractivity contribution in [3.63, 3.8) is 0 Å². The Kier molecular flexibility index (Phi) is 2.79.